The van der Waals surface area contributed by atoms with Crippen LogP contribution in [0.3, 0.4) is 0 Å². The third-order valence-corrected chi connectivity index (χ3v) is 1.96. The van der Waals surface area contributed by atoms with Gasteiger partial charge in [0, 0.05) is 6.54 Å². The third kappa shape index (κ3) is 4.57. The number of hydrogen-bond acceptors (Lipinski definition) is 2. The van der Waals surface area contributed by atoms with Gasteiger partial charge in [0.05, 0.1) is 6.04 Å². The summed E-state index contributed by atoms with van der Waals surface area (Å²) in [4.78, 5) is 10.9. The van der Waals surface area contributed by atoms with Crippen LogP contribution >= 0.6 is 12.4 Å². The van der Waals surface area contributed by atoms with E-state index in [0.29, 0.717) is 0 Å². The number of nitrogens with two attached hydrogens (primary N) is 1. The van der Waals surface area contributed by atoms with E-state index in [2.05, 4.69) is 5.32 Å². The highest BCUT2D eigenvalue weighted by molar-refractivity contribution is 5.85. The molecule has 1 amide bonds. The predicted octanol–water partition coefficient (Wildman–Crippen LogP) is 0.672. The second-order valence-corrected chi connectivity index (χ2v) is 3.31. The summed E-state index contributed by atoms with van der Waals surface area (Å²) in [6, 6.07) is -0.366. The van der Waals surface area contributed by atoms with Crippen LogP contribution in [0.4, 0.5) is 0 Å². The summed E-state index contributed by atoms with van der Waals surface area (Å²) in [6.07, 6.45) is 3.81. The van der Waals surface area contributed by atoms with Gasteiger partial charge in [-0.1, -0.05) is 12.8 Å². The van der Waals surface area contributed by atoms with Crippen molar-refractivity contribution in [3.8, 4) is 0 Å². The molecule has 12 heavy (non-hydrogen) atoms. The van der Waals surface area contributed by atoms with Crippen LogP contribution in [0.1, 0.15) is 26.2 Å². The van der Waals surface area contributed by atoms with Crippen LogP contribution < -0.4 is 11.1 Å². The molecule has 1 aliphatic carbocycles. The van der Waals surface area contributed by atoms with Gasteiger partial charge in [0.25, 0.3) is 0 Å². The van der Waals surface area contributed by atoms with Gasteiger partial charge in [0.2, 0.25) is 5.91 Å². The lowest BCUT2D eigenvalue weighted by molar-refractivity contribution is -0.121. The van der Waals surface area contributed by atoms with Crippen LogP contribution in [0.5, 0.6) is 0 Å². The van der Waals surface area contributed by atoms with E-state index in [1.54, 1.807) is 6.92 Å². The lowest BCUT2D eigenvalue weighted by Gasteiger charge is -2.06. The molecule has 4 heteroatoms. The Balaban J connectivity index is 0.00000121. The first-order chi connectivity index (χ1) is 5.20. The summed E-state index contributed by atoms with van der Waals surface area (Å²) in [5.41, 5.74) is 5.36. The van der Waals surface area contributed by atoms with Crippen molar-refractivity contribution >= 4 is 18.3 Å². The molecule has 3 N–H and O–H groups in total. The first-order valence-corrected chi connectivity index (χ1v) is 4.23. The normalized spacial score (nSPS) is 17.8. The summed E-state index contributed by atoms with van der Waals surface area (Å²) < 4.78 is 0. The van der Waals surface area contributed by atoms with Gasteiger partial charge in [-0.05, 0) is 19.3 Å². The fourth-order valence-corrected chi connectivity index (χ4v) is 0.967. The molecule has 1 atom stereocenters. The van der Waals surface area contributed by atoms with Gasteiger partial charge >= 0.3 is 0 Å². The molecule has 0 spiro atoms. The van der Waals surface area contributed by atoms with E-state index in [0.717, 1.165) is 18.9 Å². The molecule has 0 heterocycles. The van der Waals surface area contributed by atoms with Gasteiger partial charge in [-0.2, -0.15) is 0 Å². The summed E-state index contributed by atoms with van der Waals surface area (Å²) >= 11 is 0. The second kappa shape index (κ2) is 5.38. The lowest BCUT2D eigenvalue weighted by Crippen LogP contribution is -2.38. The fourth-order valence-electron chi connectivity index (χ4n) is 0.967. The van der Waals surface area contributed by atoms with Gasteiger partial charge in [0.1, 0.15) is 0 Å². The van der Waals surface area contributed by atoms with Crippen LogP contribution in [0.15, 0.2) is 0 Å². The van der Waals surface area contributed by atoms with Crippen molar-refractivity contribution in [1.82, 2.24) is 5.32 Å². The molecule has 1 saturated carbocycles. The Morgan fingerprint density at radius 2 is 2.25 bits per heavy atom. The van der Waals surface area contributed by atoms with E-state index >= 15 is 0 Å². The standard InChI is InChI=1S/C8H16N2O.ClH/c1-6(9)8(11)10-5-4-7-2-3-7;/h6-7H,2-5,9H2,1H3,(H,10,11);1H/t6-;/m1./s1. The van der Waals surface area contributed by atoms with E-state index in [1.807, 2.05) is 0 Å². The molecule has 1 aliphatic rings. The zero-order valence-corrected chi connectivity index (χ0v) is 8.19. The molecule has 0 aromatic rings. The van der Waals surface area contributed by atoms with Crippen LogP contribution in [0.2, 0.25) is 0 Å². The number of hydrogen-bond donors (Lipinski definition) is 2. The molecule has 1 fully saturated rings. The summed E-state index contributed by atoms with van der Waals surface area (Å²) in [6.45, 7) is 2.50. The minimum atomic E-state index is -0.366. The highest BCUT2D eigenvalue weighted by Crippen LogP contribution is 2.31. The van der Waals surface area contributed by atoms with Gasteiger partial charge in [-0.25, -0.2) is 0 Å². The number of rotatable bonds is 4. The maximum absolute atomic E-state index is 10.9. The van der Waals surface area contributed by atoms with E-state index in [4.69, 9.17) is 5.73 Å². The minimum absolute atomic E-state index is 0. The van der Waals surface area contributed by atoms with Crippen LogP contribution in [0.25, 0.3) is 0 Å². The third-order valence-electron chi connectivity index (χ3n) is 1.96. The van der Waals surface area contributed by atoms with Crippen LogP contribution in [-0.2, 0) is 4.79 Å². The van der Waals surface area contributed by atoms with Crippen molar-refractivity contribution in [1.29, 1.82) is 0 Å². The Kier molecular flexibility index (Phi) is 5.25. The minimum Gasteiger partial charge on any atom is -0.355 e. The first kappa shape index (κ1) is 11.7. The Morgan fingerprint density at radius 1 is 1.67 bits per heavy atom. The zero-order chi connectivity index (χ0) is 8.27. The Hall–Kier alpha value is -0.280. The molecule has 0 aliphatic heterocycles. The van der Waals surface area contributed by atoms with Gasteiger partial charge in [-0.15, -0.1) is 12.4 Å². The molecule has 0 unspecified atom stereocenters. The first-order valence-electron chi connectivity index (χ1n) is 4.23. The molecule has 0 saturated heterocycles. The number of carbonyl (C=O) groups excluding carboxylic acids is 1. The smallest absolute Gasteiger partial charge is 0.236 e. The van der Waals surface area contributed by atoms with E-state index in [-0.39, 0.29) is 24.4 Å². The zero-order valence-electron chi connectivity index (χ0n) is 7.38. The van der Waals surface area contributed by atoms with E-state index in [9.17, 15) is 4.79 Å². The van der Waals surface area contributed by atoms with Crippen molar-refractivity contribution in [2.24, 2.45) is 11.7 Å². The number of carbonyl (C=O) groups is 1. The molecule has 3 nitrogen and oxygen atoms in total. The summed E-state index contributed by atoms with van der Waals surface area (Å²) in [7, 11) is 0. The Labute approximate surface area is 79.5 Å². The maximum Gasteiger partial charge on any atom is 0.236 e. The molecular formula is C8H17ClN2O. The van der Waals surface area contributed by atoms with Crippen molar-refractivity contribution in [2.45, 2.75) is 32.2 Å². The predicted molar refractivity (Wildman–Crippen MR) is 51.2 cm³/mol. The molecule has 0 aromatic heterocycles. The fraction of sp³-hybridized carbons (Fsp3) is 0.875. The van der Waals surface area contributed by atoms with Gasteiger partial charge in [-0.3, -0.25) is 4.79 Å². The monoisotopic (exact) mass is 192 g/mol. The largest absolute Gasteiger partial charge is 0.355 e. The van der Waals surface area contributed by atoms with Gasteiger partial charge in [0.15, 0.2) is 0 Å². The quantitative estimate of drug-likeness (QED) is 0.688. The SMILES string of the molecule is C[C@@H](N)C(=O)NCCC1CC1.Cl. The van der Waals surface area contributed by atoms with E-state index < -0.39 is 0 Å². The molecule has 1 rings (SSSR count). The highest BCUT2D eigenvalue weighted by Gasteiger charge is 2.20. The maximum atomic E-state index is 10.9. The highest BCUT2D eigenvalue weighted by atomic mass is 35.5. The van der Waals surface area contributed by atoms with Crippen molar-refractivity contribution in [3.05, 3.63) is 0 Å². The molecule has 0 bridgehead atoms. The lowest BCUT2D eigenvalue weighted by atomic mass is 10.3. The topological polar surface area (TPSA) is 55.1 Å². The van der Waals surface area contributed by atoms with Crippen molar-refractivity contribution < 1.29 is 4.79 Å². The average molecular weight is 193 g/mol. The van der Waals surface area contributed by atoms with Crippen molar-refractivity contribution in [2.75, 3.05) is 6.54 Å². The molecule has 72 valence electrons. The van der Waals surface area contributed by atoms with E-state index in [1.165, 1.54) is 12.8 Å². The number of halogens is 1. The van der Waals surface area contributed by atoms with Gasteiger partial charge < -0.3 is 11.1 Å². The number of nitrogens with one attached hydrogen (secondary N) is 1. The van der Waals surface area contributed by atoms with Crippen LogP contribution in [0, 0.1) is 5.92 Å². The summed E-state index contributed by atoms with van der Waals surface area (Å²) in [5, 5.41) is 2.79. The summed E-state index contributed by atoms with van der Waals surface area (Å²) in [5.74, 6) is 0.842. The Bertz CT molecular complexity index is 146. The molecule has 0 radical (unpaired) electrons. The van der Waals surface area contributed by atoms with Crippen molar-refractivity contribution in [3.63, 3.8) is 0 Å². The number of amides is 1. The van der Waals surface area contributed by atoms with Crippen LogP contribution in [-0.4, -0.2) is 18.5 Å². The second-order valence-electron chi connectivity index (χ2n) is 3.31. The molecule has 0 aromatic carbocycles. The molecular weight excluding hydrogens is 176 g/mol. The Morgan fingerprint density at radius 3 is 2.67 bits per heavy atom. The average Bonchev–Trinajstić information content (AvgIpc) is 2.71.